The van der Waals surface area contributed by atoms with E-state index in [9.17, 15) is 4.39 Å². The molecule has 0 heterocycles. The molecule has 3 nitrogen and oxygen atoms in total. The van der Waals surface area contributed by atoms with Gasteiger partial charge in [-0.2, -0.15) is 0 Å². The van der Waals surface area contributed by atoms with E-state index in [2.05, 4.69) is 24.1 Å². The fourth-order valence-electron chi connectivity index (χ4n) is 2.30. The Morgan fingerprint density at radius 3 is 2.55 bits per heavy atom. The number of hydrogen-bond donors (Lipinski definition) is 1. The second-order valence-corrected chi connectivity index (χ2v) is 4.81. The van der Waals surface area contributed by atoms with Crippen LogP contribution < -0.4 is 10.1 Å². The van der Waals surface area contributed by atoms with Crippen LogP contribution in [-0.4, -0.2) is 37.7 Å². The van der Waals surface area contributed by atoms with Gasteiger partial charge in [-0.3, -0.25) is 0 Å². The maximum Gasteiger partial charge on any atom is 0.131 e. The van der Waals surface area contributed by atoms with Crippen molar-refractivity contribution < 1.29 is 9.13 Å². The third-order valence-corrected chi connectivity index (χ3v) is 3.52. The van der Waals surface area contributed by atoms with Crippen LogP contribution >= 0.6 is 0 Å². The summed E-state index contributed by atoms with van der Waals surface area (Å²) in [6.07, 6.45) is 0. The Bertz CT molecular complexity index is 394. The van der Waals surface area contributed by atoms with Crippen LogP contribution in [-0.2, 0) is 0 Å². The minimum atomic E-state index is -0.209. The largest absolute Gasteiger partial charge is 0.492 e. The molecule has 0 aliphatic heterocycles. The van der Waals surface area contributed by atoms with Crippen LogP contribution in [0.1, 0.15) is 39.3 Å². The molecule has 0 aliphatic rings. The summed E-state index contributed by atoms with van der Waals surface area (Å²) in [4.78, 5) is 2.28. The number of benzene rings is 1. The minimum absolute atomic E-state index is 0.0512. The molecule has 1 rings (SSSR count). The van der Waals surface area contributed by atoms with E-state index in [0.29, 0.717) is 17.9 Å². The first kappa shape index (κ1) is 16.9. The van der Waals surface area contributed by atoms with Crippen molar-refractivity contribution in [3.63, 3.8) is 0 Å². The van der Waals surface area contributed by atoms with Crippen LogP contribution in [0.25, 0.3) is 0 Å². The van der Waals surface area contributed by atoms with Crippen LogP contribution in [0.5, 0.6) is 5.75 Å². The SMILES string of the molecule is CCNC(C)c1c(F)cccc1OCCN(CC)CC. The maximum absolute atomic E-state index is 14.0. The van der Waals surface area contributed by atoms with Gasteiger partial charge >= 0.3 is 0 Å². The average molecular weight is 282 g/mol. The van der Waals surface area contributed by atoms with Gasteiger partial charge in [-0.25, -0.2) is 4.39 Å². The van der Waals surface area contributed by atoms with Gasteiger partial charge in [0.15, 0.2) is 0 Å². The van der Waals surface area contributed by atoms with E-state index in [1.807, 2.05) is 19.9 Å². The Labute approximate surface area is 122 Å². The van der Waals surface area contributed by atoms with E-state index < -0.39 is 0 Å². The molecule has 0 amide bonds. The highest BCUT2D eigenvalue weighted by atomic mass is 19.1. The zero-order chi connectivity index (χ0) is 15.0. The fraction of sp³-hybridized carbons (Fsp3) is 0.625. The summed E-state index contributed by atoms with van der Waals surface area (Å²) in [5, 5.41) is 3.23. The summed E-state index contributed by atoms with van der Waals surface area (Å²) in [5.74, 6) is 0.435. The van der Waals surface area contributed by atoms with Crippen LogP contribution in [0.15, 0.2) is 18.2 Å². The Morgan fingerprint density at radius 2 is 1.95 bits per heavy atom. The highest BCUT2D eigenvalue weighted by Gasteiger charge is 2.16. The average Bonchev–Trinajstić information content (AvgIpc) is 2.44. The zero-order valence-corrected chi connectivity index (χ0v) is 13.1. The third kappa shape index (κ3) is 4.76. The molecule has 0 saturated carbocycles. The van der Waals surface area contributed by atoms with Gasteiger partial charge in [0.05, 0.1) is 0 Å². The van der Waals surface area contributed by atoms with E-state index in [-0.39, 0.29) is 11.9 Å². The number of nitrogens with one attached hydrogen (secondary N) is 1. The lowest BCUT2D eigenvalue weighted by atomic mass is 10.1. The molecule has 1 N–H and O–H groups in total. The van der Waals surface area contributed by atoms with Crippen LogP contribution in [0.3, 0.4) is 0 Å². The number of halogens is 1. The Morgan fingerprint density at radius 1 is 1.25 bits per heavy atom. The molecule has 0 bridgehead atoms. The van der Waals surface area contributed by atoms with Crippen LogP contribution in [0.4, 0.5) is 4.39 Å². The van der Waals surface area contributed by atoms with Crippen LogP contribution in [0, 0.1) is 5.82 Å². The predicted octanol–water partition coefficient (Wildman–Crippen LogP) is 3.22. The van der Waals surface area contributed by atoms with Gasteiger partial charge in [0.25, 0.3) is 0 Å². The van der Waals surface area contributed by atoms with Crippen molar-refractivity contribution in [3.05, 3.63) is 29.6 Å². The van der Waals surface area contributed by atoms with E-state index in [1.165, 1.54) is 6.07 Å². The van der Waals surface area contributed by atoms with Crippen molar-refractivity contribution in [2.24, 2.45) is 0 Å². The van der Waals surface area contributed by atoms with E-state index in [4.69, 9.17) is 4.74 Å². The number of rotatable bonds is 9. The van der Waals surface area contributed by atoms with Gasteiger partial charge in [-0.15, -0.1) is 0 Å². The quantitative estimate of drug-likeness (QED) is 0.752. The maximum atomic E-state index is 14.0. The van der Waals surface area contributed by atoms with Gasteiger partial charge in [0, 0.05) is 18.2 Å². The molecule has 0 radical (unpaired) electrons. The number of hydrogen-bond acceptors (Lipinski definition) is 3. The smallest absolute Gasteiger partial charge is 0.131 e. The molecule has 0 saturated heterocycles. The molecule has 1 unspecified atom stereocenters. The monoisotopic (exact) mass is 282 g/mol. The molecule has 1 atom stereocenters. The number of likely N-dealkylation sites (N-methyl/N-ethyl adjacent to an activating group) is 1. The van der Waals surface area contributed by atoms with Crippen molar-refractivity contribution >= 4 is 0 Å². The topological polar surface area (TPSA) is 24.5 Å². The van der Waals surface area contributed by atoms with Crippen molar-refractivity contribution in [2.45, 2.75) is 33.7 Å². The van der Waals surface area contributed by atoms with Gasteiger partial charge < -0.3 is 15.0 Å². The van der Waals surface area contributed by atoms with E-state index >= 15 is 0 Å². The first-order valence-corrected chi connectivity index (χ1v) is 7.50. The molecule has 1 aromatic carbocycles. The van der Waals surface area contributed by atoms with E-state index in [0.717, 1.165) is 26.2 Å². The van der Waals surface area contributed by atoms with Crippen molar-refractivity contribution in [2.75, 3.05) is 32.8 Å². The van der Waals surface area contributed by atoms with Crippen molar-refractivity contribution in [1.82, 2.24) is 10.2 Å². The van der Waals surface area contributed by atoms with Gasteiger partial charge in [-0.05, 0) is 38.7 Å². The first-order chi connectivity index (χ1) is 9.63. The molecular weight excluding hydrogens is 255 g/mol. The molecule has 20 heavy (non-hydrogen) atoms. The predicted molar refractivity (Wildman–Crippen MR) is 81.8 cm³/mol. The molecule has 1 aromatic rings. The fourth-order valence-corrected chi connectivity index (χ4v) is 2.30. The third-order valence-electron chi connectivity index (χ3n) is 3.52. The lowest BCUT2D eigenvalue weighted by Crippen LogP contribution is -2.28. The van der Waals surface area contributed by atoms with Gasteiger partial charge in [0.1, 0.15) is 18.2 Å². The highest BCUT2D eigenvalue weighted by Crippen LogP contribution is 2.27. The summed E-state index contributed by atoms with van der Waals surface area (Å²) in [7, 11) is 0. The zero-order valence-electron chi connectivity index (χ0n) is 13.1. The normalized spacial score (nSPS) is 12.7. The first-order valence-electron chi connectivity index (χ1n) is 7.50. The highest BCUT2D eigenvalue weighted by molar-refractivity contribution is 5.37. The molecule has 4 heteroatoms. The number of nitrogens with zero attached hydrogens (tertiary/aromatic N) is 1. The second kappa shape index (κ2) is 8.93. The molecule has 0 fully saturated rings. The number of ether oxygens (including phenoxy) is 1. The molecular formula is C16H27FN2O. The summed E-state index contributed by atoms with van der Waals surface area (Å²) in [5.41, 5.74) is 0.619. The standard InChI is InChI=1S/C16H27FN2O/c1-5-18-13(4)16-14(17)9-8-10-15(16)20-12-11-19(6-2)7-3/h8-10,13,18H,5-7,11-12H2,1-4H3. The summed E-state index contributed by atoms with van der Waals surface area (Å²) >= 11 is 0. The van der Waals surface area contributed by atoms with Gasteiger partial charge in [-0.1, -0.05) is 26.8 Å². The second-order valence-electron chi connectivity index (χ2n) is 4.81. The van der Waals surface area contributed by atoms with Gasteiger partial charge in [0.2, 0.25) is 0 Å². The molecule has 0 aromatic heterocycles. The Kier molecular flexibility index (Phi) is 7.55. The molecule has 0 aliphatic carbocycles. The lowest BCUT2D eigenvalue weighted by molar-refractivity contribution is 0.220. The summed E-state index contributed by atoms with van der Waals surface area (Å²) < 4.78 is 19.8. The Balaban J connectivity index is 2.71. The van der Waals surface area contributed by atoms with Crippen LogP contribution in [0.2, 0.25) is 0 Å². The summed E-state index contributed by atoms with van der Waals surface area (Å²) in [6.45, 7) is 12.5. The van der Waals surface area contributed by atoms with Crippen molar-refractivity contribution in [3.8, 4) is 5.75 Å². The summed E-state index contributed by atoms with van der Waals surface area (Å²) in [6, 6.07) is 4.98. The Hall–Kier alpha value is -1.13. The lowest BCUT2D eigenvalue weighted by Gasteiger charge is -2.21. The molecule has 114 valence electrons. The van der Waals surface area contributed by atoms with Crippen molar-refractivity contribution in [1.29, 1.82) is 0 Å². The minimum Gasteiger partial charge on any atom is -0.492 e. The molecule has 0 spiro atoms. The van der Waals surface area contributed by atoms with E-state index in [1.54, 1.807) is 6.07 Å².